The van der Waals surface area contributed by atoms with E-state index in [1.165, 1.54) is 0 Å². The van der Waals surface area contributed by atoms with Crippen molar-refractivity contribution in [2.75, 3.05) is 20.2 Å². The third kappa shape index (κ3) is 3.63. The highest BCUT2D eigenvalue weighted by molar-refractivity contribution is 5.77. The molecular formula is C21H26N2O3. The van der Waals surface area contributed by atoms with E-state index in [0.29, 0.717) is 30.8 Å². The van der Waals surface area contributed by atoms with Gasteiger partial charge in [0.15, 0.2) is 0 Å². The first-order chi connectivity index (χ1) is 12.7. The zero-order valence-electron chi connectivity index (χ0n) is 15.3. The number of furan rings is 1. The van der Waals surface area contributed by atoms with E-state index in [4.69, 9.17) is 9.15 Å². The average molecular weight is 354 g/mol. The van der Waals surface area contributed by atoms with E-state index in [9.17, 15) is 4.79 Å². The molecule has 0 unspecified atom stereocenters. The van der Waals surface area contributed by atoms with Crippen LogP contribution in [0.3, 0.4) is 0 Å². The summed E-state index contributed by atoms with van der Waals surface area (Å²) < 4.78 is 10.7. The van der Waals surface area contributed by atoms with Crippen molar-refractivity contribution in [1.29, 1.82) is 0 Å². The Morgan fingerprint density at radius 2 is 2.00 bits per heavy atom. The molecule has 138 valence electrons. The molecule has 2 aliphatic rings. The van der Waals surface area contributed by atoms with Gasteiger partial charge >= 0.3 is 0 Å². The molecule has 0 radical (unpaired) electrons. The summed E-state index contributed by atoms with van der Waals surface area (Å²) in [5.74, 6) is 2.71. The number of ether oxygens (including phenoxy) is 1. The Labute approximate surface area is 154 Å². The number of likely N-dealkylation sites (tertiary alicyclic amines) is 2. The topological polar surface area (TPSA) is 45.9 Å². The predicted molar refractivity (Wildman–Crippen MR) is 98.7 cm³/mol. The van der Waals surface area contributed by atoms with Crippen molar-refractivity contribution >= 4 is 5.91 Å². The van der Waals surface area contributed by atoms with Gasteiger partial charge in [-0.25, -0.2) is 0 Å². The van der Waals surface area contributed by atoms with E-state index in [2.05, 4.69) is 21.9 Å². The van der Waals surface area contributed by atoms with Gasteiger partial charge < -0.3 is 14.1 Å². The molecule has 3 heterocycles. The van der Waals surface area contributed by atoms with E-state index in [1.54, 1.807) is 13.4 Å². The lowest BCUT2D eigenvalue weighted by molar-refractivity contribution is -0.142. The third-order valence-electron chi connectivity index (χ3n) is 5.70. The Bertz CT molecular complexity index is 726. The minimum absolute atomic E-state index is 0.293. The molecule has 2 aromatic rings. The second kappa shape index (κ2) is 7.54. The van der Waals surface area contributed by atoms with Crippen LogP contribution in [0.15, 0.2) is 47.1 Å². The van der Waals surface area contributed by atoms with Gasteiger partial charge in [0.1, 0.15) is 11.5 Å². The van der Waals surface area contributed by atoms with Crippen LogP contribution in [0, 0.1) is 5.92 Å². The number of fused-ring (bicyclic) bond motifs is 1. The molecule has 0 aliphatic carbocycles. The van der Waals surface area contributed by atoms with Crippen LogP contribution in [-0.4, -0.2) is 41.9 Å². The molecule has 1 amide bonds. The monoisotopic (exact) mass is 354 g/mol. The summed E-state index contributed by atoms with van der Waals surface area (Å²) in [7, 11) is 1.67. The molecule has 0 bridgehead atoms. The lowest BCUT2D eigenvalue weighted by atomic mass is 9.83. The number of benzene rings is 1. The quantitative estimate of drug-likeness (QED) is 0.826. The SMILES string of the molecule is COc1ccc(CN2C(=O)CC[C@@H]3CN(Cc4ccco4)CC[C@@H]32)cc1. The Hall–Kier alpha value is -2.27. The highest BCUT2D eigenvalue weighted by atomic mass is 16.5. The number of methoxy groups -OCH3 is 1. The first-order valence-electron chi connectivity index (χ1n) is 9.40. The number of amides is 1. The molecule has 26 heavy (non-hydrogen) atoms. The summed E-state index contributed by atoms with van der Waals surface area (Å²) in [6.07, 6.45) is 4.42. The van der Waals surface area contributed by atoms with Crippen LogP contribution in [0.2, 0.25) is 0 Å². The van der Waals surface area contributed by atoms with E-state index >= 15 is 0 Å². The molecule has 5 heteroatoms. The number of piperidine rings is 2. The van der Waals surface area contributed by atoms with Gasteiger partial charge in [-0.2, -0.15) is 0 Å². The molecule has 2 atom stereocenters. The van der Waals surface area contributed by atoms with E-state index in [0.717, 1.165) is 49.5 Å². The largest absolute Gasteiger partial charge is 0.497 e. The number of nitrogens with zero attached hydrogens (tertiary/aromatic N) is 2. The van der Waals surface area contributed by atoms with Crippen molar-refractivity contribution in [2.24, 2.45) is 5.92 Å². The fourth-order valence-corrected chi connectivity index (χ4v) is 4.33. The van der Waals surface area contributed by atoms with E-state index in [-0.39, 0.29) is 0 Å². The Morgan fingerprint density at radius 3 is 2.73 bits per heavy atom. The third-order valence-corrected chi connectivity index (χ3v) is 5.70. The standard InChI is InChI=1S/C21H26N2O3/c1-25-18-7-4-16(5-8-18)13-23-20-10-11-22(15-19-3-2-12-26-19)14-17(20)6-9-21(23)24/h2-5,7-8,12,17,20H,6,9-11,13-15H2,1H3/t17-,20+/m1/s1. The number of carbonyl (C=O) groups excluding carboxylic acids is 1. The van der Waals surface area contributed by atoms with Crippen molar-refractivity contribution in [2.45, 2.75) is 38.4 Å². The zero-order chi connectivity index (χ0) is 17.9. The van der Waals surface area contributed by atoms with Gasteiger partial charge in [0, 0.05) is 32.1 Å². The van der Waals surface area contributed by atoms with E-state index < -0.39 is 0 Å². The average Bonchev–Trinajstić information content (AvgIpc) is 3.18. The predicted octanol–water partition coefficient (Wildman–Crippen LogP) is 3.30. The molecule has 1 aromatic heterocycles. The van der Waals surface area contributed by atoms with Crippen LogP contribution in [0.4, 0.5) is 0 Å². The normalized spacial score (nSPS) is 23.7. The summed E-state index contributed by atoms with van der Waals surface area (Å²) in [5, 5.41) is 0. The Morgan fingerprint density at radius 1 is 1.15 bits per heavy atom. The summed E-state index contributed by atoms with van der Waals surface area (Å²) >= 11 is 0. The minimum Gasteiger partial charge on any atom is -0.497 e. The van der Waals surface area contributed by atoms with Gasteiger partial charge in [-0.05, 0) is 48.6 Å². The fraction of sp³-hybridized carbons (Fsp3) is 0.476. The first kappa shape index (κ1) is 17.2. The van der Waals surface area contributed by atoms with Gasteiger partial charge in [-0.3, -0.25) is 9.69 Å². The second-order valence-electron chi connectivity index (χ2n) is 7.34. The molecule has 0 N–H and O–H groups in total. The molecule has 0 saturated carbocycles. The summed E-state index contributed by atoms with van der Waals surface area (Å²) in [6.45, 7) is 3.61. The van der Waals surface area contributed by atoms with Gasteiger partial charge in [-0.15, -0.1) is 0 Å². The van der Waals surface area contributed by atoms with Crippen LogP contribution >= 0.6 is 0 Å². The summed E-state index contributed by atoms with van der Waals surface area (Å²) in [4.78, 5) is 17.2. The minimum atomic E-state index is 0.293. The smallest absolute Gasteiger partial charge is 0.223 e. The Kier molecular flexibility index (Phi) is 4.98. The lowest BCUT2D eigenvalue weighted by Gasteiger charge is -2.47. The van der Waals surface area contributed by atoms with Crippen LogP contribution in [0.25, 0.3) is 0 Å². The van der Waals surface area contributed by atoms with Crippen molar-refractivity contribution in [3.8, 4) is 5.75 Å². The molecule has 2 saturated heterocycles. The highest BCUT2D eigenvalue weighted by Crippen LogP contribution is 2.33. The van der Waals surface area contributed by atoms with Gasteiger partial charge in [0.05, 0.1) is 19.9 Å². The van der Waals surface area contributed by atoms with Gasteiger partial charge in [-0.1, -0.05) is 12.1 Å². The maximum Gasteiger partial charge on any atom is 0.223 e. The number of rotatable bonds is 5. The molecule has 1 aromatic carbocycles. The fourth-order valence-electron chi connectivity index (χ4n) is 4.33. The molecule has 4 rings (SSSR count). The van der Waals surface area contributed by atoms with Crippen molar-refractivity contribution in [3.63, 3.8) is 0 Å². The second-order valence-corrected chi connectivity index (χ2v) is 7.34. The molecule has 0 spiro atoms. The van der Waals surface area contributed by atoms with Crippen LogP contribution in [0.5, 0.6) is 5.75 Å². The summed E-state index contributed by atoms with van der Waals surface area (Å²) in [6, 6.07) is 12.4. The van der Waals surface area contributed by atoms with Crippen molar-refractivity contribution in [1.82, 2.24) is 9.80 Å². The van der Waals surface area contributed by atoms with Gasteiger partial charge in [0.2, 0.25) is 5.91 Å². The summed E-state index contributed by atoms with van der Waals surface area (Å²) in [5.41, 5.74) is 1.16. The van der Waals surface area contributed by atoms with Crippen LogP contribution < -0.4 is 4.74 Å². The van der Waals surface area contributed by atoms with Crippen molar-refractivity contribution in [3.05, 3.63) is 54.0 Å². The zero-order valence-corrected chi connectivity index (χ0v) is 15.3. The molecule has 5 nitrogen and oxygen atoms in total. The van der Waals surface area contributed by atoms with Crippen LogP contribution in [0.1, 0.15) is 30.6 Å². The lowest BCUT2D eigenvalue weighted by Crippen LogP contribution is -2.55. The maximum absolute atomic E-state index is 12.6. The number of hydrogen-bond donors (Lipinski definition) is 0. The molecule has 2 aliphatic heterocycles. The molecule has 2 fully saturated rings. The Balaban J connectivity index is 1.42. The number of hydrogen-bond acceptors (Lipinski definition) is 4. The van der Waals surface area contributed by atoms with Crippen molar-refractivity contribution < 1.29 is 13.9 Å². The first-order valence-corrected chi connectivity index (χ1v) is 9.40. The highest BCUT2D eigenvalue weighted by Gasteiger charge is 2.39. The maximum atomic E-state index is 12.6. The number of carbonyl (C=O) groups is 1. The van der Waals surface area contributed by atoms with Gasteiger partial charge in [0.25, 0.3) is 0 Å². The molecular weight excluding hydrogens is 328 g/mol. The van der Waals surface area contributed by atoms with E-state index in [1.807, 2.05) is 24.3 Å². The van der Waals surface area contributed by atoms with Crippen LogP contribution in [-0.2, 0) is 17.9 Å².